The molecule has 1 aromatic carbocycles. The van der Waals surface area contributed by atoms with E-state index in [0.717, 1.165) is 43.0 Å². The minimum absolute atomic E-state index is 0.00717. The summed E-state index contributed by atoms with van der Waals surface area (Å²) in [5.41, 5.74) is 1.22. The van der Waals surface area contributed by atoms with Crippen LogP contribution in [0.3, 0.4) is 0 Å². The molecule has 0 radical (unpaired) electrons. The molecule has 1 aliphatic carbocycles. The second-order valence-electron chi connectivity index (χ2n) is 10.0. The maximum absolute atomic E-state index is 13.6. The summed E-state index contributed by atoms with van der Waals surface area (Å²) in [6.45, 7) is 1.21. The van der Waals surface area contributed by atoms with E-state index in [0.29, 0.717) is 37.4 Å². The Morgan fingerprint density at radius 2 is 2.26 bits per heavy atom. The van der Waals surface area contributed by atoms with E-state index in [1.807, 2.05) is 18.2 Å². The number of nitrogens with one attached hydrogen (secondary N) is 3. The number of amides is 2. The molecule has 3 fully saturated rings. The molecule has 2 aliphatic heterocycles. The number of hydrogen-bond donors (Lipinski definition) is 3. The van der Waals surface area contributed by atoms with Crippen molar-refractivity contribution in [1.82, 2.24) is 19.9 Å². The van der Waals surface area contributed by atoms with Crippen molar-refractivity contribution in [3.05, 3.63) is 30.0 Å². The summed E-state index contributed by atoms with van der Waals surface area (Å²) < 4.78 is 21.9. The molecule has 5 rings (SSSR count). The number of hydrogen-bond acceptors (Lipinski definition) is 6. The van der Waals surface area contributed by atoms with Crippen LogP contribution in [0.5, 0.6) is 5.75 Å². The standard InChI is InChI=1S/C25H31N5O4S/c1-34-21-7-2-6-19-18(21)12-20(28-19)24(32)30-15-25(8-4-9-25)13-22(30)35(33)29-17(14-26)11-16-5-3-10-27-23(16)31/h2,6-7,12,16-17,22,28-29H,3-5,8-11,13,15H2,1H3,(H,27,31)/t16-,17-,22?,35?/m0/s1. The summed E-state index contributed by atoms with van der Waals surface area (Å²) in [5, 5.41) is 12.8. The summed E-state index contributed by atoms with van der Waals surface area (Å²) in [5.74, 6) is 0.162. The lowest BCUT2D eigenvalue weighted by atomic mass is 9.68. The van der Waals surface area contributed by atoms with Gasteiger partial charge in [0.25, 0.3) is 5.91 Å². The van der Waals surface area contributed by atoms with Crippen LogP contribution in [0.15, 0.2) is 24.3 Å². The van der Waals surface area contributed by atoms with Crippen molar-refractivity contribution in [1.29, 1.82) is 5.26 Å². The Balaban J connectivity index is 1.34. The lowest BCUT2D eigenvalue weighted by molar-refractivity contribution is -0.126. The van der Waals surface area contributed by atoms with Crippen LogP contribution >= 0.6 is 0 Å². The van der Waals surface area contributed by atoms with Crippen LogP contribution in [0.4, 0.5) is 0 Å². The van der Waals surface area contributed by atoms with Gasteiger partial charge in [-0.3, -0.25) is 14.5 Å². The Hall–Kier alpha value is -2.74. The Labute approximate surface area is 207 Å². The van der Waals surface area contributed by atoms with E-state index in [9.17, 15) is 19.4 Å². The second kappa shape index (κ2) is 9.72. The molecule has 9 nitrogen and oxygen atoms in total. The van der Waals surface area contributed by atoms with Crippen molar-refractivity contribution in [3.8, 4) is 11.8 Å². The number of fused-ring (bicyclic) bond motifs is 1. The van der Waals surface area contributed by atoms with Gasteiger partial charge in [-0.25, -0.2) is 0 Å². The third-order valence-electron chi connectivity index (χ3n) is 7.79. The van der Waals surface area contributed by atoms with Crippen molar-refractivity contribution in [3.63, 3.8) is 0 Å². The average Bonchev–Trinajstić information content (AvgIpc) is 3.47. The van der Waals surface area contributed by atoms with E-state index in [4.69, 9.17) is 4.74 Å². The Morgan fingerprint density at radius 3 is 2.94 bits per heavy atom. The zero-order valence-corrected chi connectivity index (χ0v) is 20.7. The van der Waals surface area contributed by atoms with Gasteiger partial charge in [0.05, 0.1) is 24.5 Å². The molecule has 186 valence electrons. The van der Waals surface area contributed by atoms with Crippen molar-refractivity contribution in [2.45, 2.75) is 56.4 Å². The number of ether oxygens (including phenoxy) is 1. The van der Waals surface area contributed by atoms with E-state index in [1.54, 1.807) is 18.1 Å². The molecule has 2 aromatic rings. The monoisotopic (exact) mass is 497 g/mol. The number of aromatic amines is 1. The van der Waals surface area contributed by atoms with Crippen molar-refractivity contribution in [2.75, 3.05) is 20.2 Å². The minimum atomic E-state index is -1.64. The first-order chi connectivity index (χ1) is 16.9. The molecule has 10 heteroatoms. The first kappa shape index (κ1) is 24.0. The van der Waals surface area contributed by atoms with Crippen molar-refractivity contribution < 1.29 is 18.9 Å². The van der Waals surface area contributed by atoms with Crippen LogP contribution < -0.4 is 14.8 Å². The van der Waals surface area contributed by atoms with E-state index in [1.165, 1.54) is 0 Å². The normalized spacial score (nSPS) is 25.1. The fourth-order valence-electron chi connectivity index (χ4n) is 5.71. The third-order valence-corrected chi connectivity index (χ3v) is 9.22. The SMILES string of the molecule is COc1cccc2[nH]c(C(=O)N3CC4(CCC4)CC3[S+]([O-])N[C@H](C#N)C[C@@H]3CCCNC3=O)cc12. The summed E-state index contributed by atoms with van der Waals surface area (Å²) in [4.78, 5) is 30.7. The molecule has 2 saturated heterocycles. The van der Waals surface area contributed by atoms with Crippen LogP contribution in [0.2, 0.25) is 0 Å². The van der Waals surface area contributed by atoms with E-state index in [2.05, 4.69) is 21.1 Å². The number of H-pyrrole nitrogens is 1. The molecule has 35 heavy (non-hydrogen) atoms. The predicted octanol–water partition coefficient (Wildman–Crippen LogP) is 2.58. The molecule has 3 N–H and O–H groups in total. The molecular formula is C25H31N5O4S. The molecule has 2 unspecified atom stereocenters. The summed E-state index contributed by atoms with van der Waals surface area (Å²) in [7, 11) is 1.59. The molecule has 2 amide bonds. The summed E-state index contributed by atoms with van der Waals surface area (Å²) >= 11 is -1.64. The molecule has 3 aliphatic rings. The summed E-state index contributed by atoms with van der Waals surface area (Å²) in [6, 6.07) is 8.83. The van der Waals surface area contributed by atoms with Gasteiger partial charge in [-0.2, -0.15) is 5.26 Å². The van der Waals surface area contributed by atoms with Gasteiger partial charge in [0.1, 0.15) is 17.5 Å². The highest BCUT2D eigenvalue weighted by Gasteiger charge is 2.54. The number of nitriles is 1. The Kier molecular flexibility index (Phi) is 6.66. The van der Waals surface area contributed by atoms with Crippen molar-refractivity contribution >= 4 is 34.1 Å². The van der Waals surface area contributed by atoms with Gasteiger partial charge < -0.3 is 19.6 Å². The lowest BCUT2D eigenvalue weighted by Crippen LogP contribution is -2.49. The highest BCUT2D eigenvalue weighted by Crippen LogP contribution is 2.51. The molecule has 1 saturated carbocycles. The zero-order valence-electron chi connectivity index (χ0n) is 19.8. The number of piperidine rings is 1. The number of benzene rings is 1. The topological polar surface area (TPSA) is 133 Å². The van der Waals surface area contributed by atoms with Gasteiger partial charge in [-0.05, 0) is 55.7 Å². The van der Waals surface area contributed by atoms with Gasteiger partial charge in [0.2, 0.25) is 11.3 Å². The number of carbonyl (C=O) groups excluding carboxylic acids is 2. The van der Waals surface area contributed by atoms with E-state index in [-0.39, 0.29) is 23.1 Å². The quantitative estimate of drug-likeness (QED) is 0.504. The number of aromatic nitrogens is 1. The predicted molar refractivity (Wildman–Crippen MR) is 132 cm³/mol. The van der Waals surface area contributed by atoms with Gasteiger partial charge >= 0.3 is 0 Å². The highest BCUT2D eigenvalue weighted by molar-refractivity contribution is 7.90. The van der Waals surface area contributed by atoms with Gasteiger partial charge in [-0.15, -0.1) is 4.72 Å². The minimum Gasteiger partial charge on any atom is -0.596 e. The van der Waals surface area contributed by atoms with E-state index < -0.39 is 22.8 Å². The lowest BCUT2D eigenvalue weighted by Gasteiger charge is -2.37. The first-order valence-corrected chi connectivity index (χ1v) is 13.4. The summed E-state index contributed by atoms with van der Waals surface area (Å²) in [6.07, 6.45) is 5.67. The Morgan fingerprint density at radius 1 is 1.43 bits per heavy atom. The molecule has 4 atom stereocenters. The molecule has 1 aromatic heterocycles. The fraction of sp³-hybridized carbons (Fsp3) is 0.560. The average molecular weight is 498 g/mol. The van der Waals surface area contributed by atoms with Gasteiger partial charge in [-0.1, -0.05) is 12.5 Å². The number of carbonyl (C=O) groups is 2. The number of likely N-dealkylation sites (tertiary alicyclic amines) is 1. The highest BCUT2D eigenvalue weighted by atomic mass is 32.2. The van der Waals surface area contributed by atoms with Crippen LogP contribution in [0.1, 0.15) is 55.4 Å². The van der Waals surface area contributed by atoms with Crippen molar-refractivity contribution in [2.24, 2.45) is 11.3 Å². The molecular weight excluding hydrogens is 466 g/mol. The largest absolute Gasteiger partial charge is 0.596 e. The van der Waals surface area contributed by atoms with Gasteiger partial charge in [0, 0.05) is 36.3 Å². The maximum atomic E-state index is 13.6. The molecule has 0 bridgehead atoms. The first-order valence-electron chi connectivity index (χ1n) is 12.2. The fourth-order valence-corrected chi connectivity index (χ4v) is 7.20. The zero-order chi connectivity index (χ0) is 24.6. The maximum Gasteiger partial charge on any atom is 0.274 e. The molecule has 1 spiro atoms. The second-order valence-corrected chi connectivity index (χ2v) is 11.4. The number of rotatable bonds is 7. The number of nitrogens with zero attached hydrogens (tertiary/aromatic N) is 2. The van der Waals surface area contributed by atoms with Crippen LogP contribution in [-0.4, -0.2) is 57.9 Å². The van der Waals surface area contributed by atoms with Crippen LogP contribution in [0.25, 0.3) is 10.9 Å². The van der Waals surface area contributed by atoms with Crippen LogP contribution in [0, 0.1) is 22.7 Å². The Bertz CT molecular complexity index is 1160. The smallest absolute Gasteiger partial charge is 0.274 e. The van der Waals surface area contributed by atoms with E-state index >= 15 is 0 Å². The third kappa shape index (κ3) is 4.60. The van der Waals surface area contributed by atoms with Gasteiger partial charge in [0.15, 0.2) is 0 Å². The molecule has 3 heterocycles. The number of methoxy groups -OCH3 is 1. The van der Waals surface area contributed by atoms with Crippen LogP contribution in [-0.2, 0) is 16.2 Å².